The highest BCUT2D eigenvalue weighted by Gasteiger charge is 2.36. The number of carbonyl (C=O) groups excluding carboxylic acids is 1. The van der Waals surface area contributed by atoms with Crippen LogP contribution in [0, 0.1) is 5.92 Å². The molecule has 138 valence electrons. The lowest BCUT2D eigenvalue weighted by molar-refractivity contribution is 0.0736. The van der Waals surface area contributed by atoms with Crippen LogP contribution in [0.3, 0.4) is 0 Å². The van der Waals surface area contributed by atoms with Gasteiger partial charge in [-0.05, 0) is 52.8 Å². The molecule has 0 N–H and O–H groups in total. The van der Waals surface area contributed by atoms with Gasteiger partial charge in [-0.2, -0.15) is 0 Å². The molecule has 3 aliphatic heterocycles. The van der Waals surface area contributed by atoms with Crippen LogP contribution in [-0.2, 0) is 6.54 Å². The van der Waals surface area contributed by atoms with Crippen LogP contribution in [-0.4, -0.2) is 56.7 Å². The van der Waals surface area contributed by atoms with Gasteiger partial charge in [0.15, 0.2) is 0 Å². The van der Waals surface area contributed by atoms with Gasteiger partial charge in [0.05, 0.1) is 0 Å². The third kappa shape index (κ3) is 3.08. The second-order valence-corrected chi connectivity index (χ2v) is 7.52. The summed E-state index contributed by atoms with van der Waals surface area (Å²) >= 11 is 0. The van der Waals surface area contributed by atoms with E-state index in [1.54, 1.807) is 24.5 Å². The monoisotopic (exact) mass is 363 g/mol. The first-order chi connectivity index (χ1) is 13.3. The molecule has 27 heavy (non-hydrogen) atoms. The second-order valence-electron chi connectivity index (χ2n) is 7.52. The standard InChI is InChI=1S/C20H21N5O2/c26-20(15-6-8-21-9-7-15)25-11-14-4-5-17(13-25)24(10-14)12-16-2-1-3-18-19(16)23-27-22-18/h1-3,6-9,14,17H,4-5,10-13H2/t14-,17-/m1/s1. The van der Waals surface area contributed by atoms with E-state index < -0.39 is 0 Å². The highest BCUT2D eigenvalue weighted by Crippen LogP contribution is 2.30. The Balaban J connectivity index is 1.37. The molecule has 0 saturated carbocycles. The lowest BCUT2D eigenvalue weighted by Crippen LogP contribution is -2.44. The Morgan fingerprint density at radius 2 is 1.96 bits per heavy atom. The maximum absolute atomic E-state index is 12.9. The van der Waals surface area contributed by atoms with Gasteiger partial charge in [-0.15, -0.1) is 0 Å². The molecule has 3 fully saturated rings. The molecule has 2 bridgehead atoms. The third-order valence-electron chi connectivity index (χ3n) is 5.78. The number of pyridine rings is 1. The molecule has 5 heterocycles. The molecule has 1 amide bonds. The normalized spacial score (nSPS) is 22.9. The van der Waals surface area contributed by atoms with E-state index in [1.807, 2.05) is 17.0 Å². The molecule has 3 aromatic rings. The number of aromatic nitrogens is 3. The van der Waals surface area contributed by atoms with Gasteiger partial charge in [-0.25, -0.2) is 4.63 Å². The van der Waals surface area contributed by atoms with Crippen molar-refractivity contribution < 1.29 is 9.42 Å². The van der Waals surface area contributed by atoms with Crippen molar-refractivity contribution in [2.24, 2.45) is 5.92 Å². The number of nitrogens with zero attached hydrogens (tertiary/aromatic N) is 5. The Labute approximate surface area is 156 Å². The van der Waals surface area contributed by atoms with Crippen molar-refractivity contribution in [1.29, 1.82) is 0 Å². The third-order valence-corrected chi connectivity index (χ3v) is 5.78. The highest BCUT2D eigenvalue weighted by atomic mass is 16.6. The minimum absolute atomic E-state index is 0.110. The predicted octanol–water partition coefficient (Wildman–Crippen LogP) is 2.35. The van der Waals surface area contributed by atoms with Gasteiger partial charge in [-0.3, -0.25) is 14.7 Å². The molecular formula is C20H21N5O2. The SMILES string of the molecule is O=C(c1ccncc1)N1C[C@@H]2CC[C@H](C1)N(Cc1cccc3nonc13)C2. The van der Waals surface area contributed by atoms with E-state index in [0.29, 0.717) is 12.0 Å². The minimum Gasteiger partial charge on any atom is -0.337 e. The van der Waals surface area contributed by atoms with Crippen molar-refractivity contribution in [1.82, 2.24) is 25.1 Å². The number of hydrogen-bond donors (Lipinski definition) is 0. The Hall–Kier alpha value is -2.80. The van der Waals surface area contributed by atoms with Crippen LogP contribution in [0.2, 0.25) is 0 Å². The fourth-order valence-corrected chi connectivity index (χ4v) is 4.42. The van der Waals surface area contributed by atoms with Crippen LogP contribution >= 0.6 is 0 Å². The molecule has 0 aliphatic carbocycles. The molecule has 3 saturated heterocycles. The summed E-state index contributed by atoms with van der Waals surface area (Å²) in [6.45, 7) is 3.41. The van der Waals surface area contributed by atoms with Gasteiger partial charge in [0, 0.05) is 50.2 Å². The maximum Gasteiger partial charge on any atom is 0.254 e. The molecule has 7 nitrogen and oxygen atoms in total. The summed E-state index contributed by atoms with van der Waals surface area (Å²) < 4.78 is 4.90. The van der Waals surface area contributed by atoms with Crippen LogP contribution < -0.4 is 0 Å². The summed E-state index contributed by atoms with van der Waals surface area (Å²) in [7, 11) is 0. The summed E-state index contributed by atoms with van der Waals surface area (Å²) in [4.78, 5) is 21.5. The number of amides is 1. The fourth-order valence-electron chi connectivity index (χ4n) is 4.42. The van der Waals surface area contributed by atoms with E-state index in [0.717, 1.165) is 54.8 Å². The zero-order valence-electron chi connectivity index (χ0n) is 15.0. The largest absolute Gasteiger partial charge is 0.337 e. The number of fused-ring (bicyclic) bond motifs is 5. The van der Waals surface area contributed by atoms with Gasteiger partial charge in [0.25, 0.3) is 5.91 Å². The first-order valence-electron chi connectivity index (χ1n) is 9.41. The van der Waals surface area contributed by atoms with Gasteiger partial charge >= 0.3 is 0 Å². The summed E-state index contributed by atoms with van der Waals surface area (Å²) in [5.74, 6) is 0.614. The van der Waals surface area contributed by atoms with E-state index in [-0.39, 0.29) is 5.91 Å². The second kappa shape index (κ2) is 6.74. The molecule has 3 aliphatic rings. The number of hydrogen-bond acceptors (Lipinski definition) is 6. The van der Waals surface area contributed by atoms with Gasteiger partial charge in [0.2, 0.25) is 0 Å². The molecule has 0 radical (unpaired) electrons. The maximum atomic E-state index is 12.9. The molecule has 1 aromatic carbocycles. The van der Waals surface area contributed by atoms with Crippen LogP contribution in [0.4, 0.5) is 0 Å². The quantitative estimate of drug-likeness (QED) is 0.711. The molecule has 2 atom stereocenters. The van der Waals surface area contributed by atoms with Crippen LogP contribution in [0.5, 0.6) is 0 Å². The molecule has 6 rings (SSSR count). The molecule has 0 spiro atoms. The van der Waals surface area contributed by atoms with Crippen LogP contribution in [0.1, 0.15) is 28.8 Å². The Morgan fingerprint density at radius 1 is 1.07 bits per heavy atom. The summed E-state index contributed by atoms with van der Waals surface area (Å²) in [6.07, 6.45) is 5.66. The van der Waals surface area contributed by atoms with E-state index >= 15 is 0 Å². The predicted molar refractivity (Wildman–Crippen MR) is 98.9 cm³/mol. The van der Waals surface area contributed by atoms with Crippen LogP contribution in [0.25, 0.3) is 11.0 Å². The fraction of sp³-hybridized carbons (Fsp3) is 0.400. The molecule has 0 unspecified atom stereocenters. The number of rotatable bonds is 3. The zero-order valence-corrected chi connectivity index (χ0v) is 15.0. The van der Waals surface area contributed by atoms with E-state index in [1.165, 1.54) is 6.42 Å². The van der Waals surface area contributed by atoms with Gasteiger partial charge in [0.1, 0.15) is 11.0 Å². The molecule has 7 heteroatoms. The first kappa shape index (κ1) is 16.4. The average molecular weight is 363 g/mol. The smallest absolute Gasteiger partial charge is 0.254 e. The molecule has 2 aromatic heterocycles. The summed E-state index contributed by atoms with van der Waals surface area (Å²) in [5, 5.41) is 8.01. The van der Waals surface area contributed by atoms with Crippen molar-refractivity contribution in [2.75, 3.05) is 19.6 Å². The summed E-state index contributed by atoms with van der Waals surface area (Å²) in [5.41, 5.74) is 3.48. The highest BCUT2D eigenvalue weighted by molar-refractivity contribution is 5.94. The van der Waals surface area contributed by atoms with Crippen molar-refractivity contribution in [3.63, 3.8) is 0 Å². The van der Waals surface area contributed by atoms with Crippen molar-refractivity contribution in [3.05, 3.63) is 53.9 Å². The van der Waals surface area contributed by atoms with Gasteiger partial charge < -0.3 is 4.90 Å². The zero-order chi connectivity index (χ0) is 18.2. The lowest BCUT2D eigenvalue weighted by atomic mass is 9.94. The first-order valence-corrected chi connectivity index (χ1v) is 9.41. The summed E-state index contributed by atoms with van der Waals surface area (Å²) in [6, 6.07) is 9.96. The average Bonchev–Trinajstić information content (AvgIpc) is 3.02. The Kier molecular flexibility index (Phi) is 4.09. The number of carbonyl (C=O) groups is 1. The van der Waals surface area contributed by atoms with E-state index in [4.69, 9.17) is 4.63 Å². The van der Waals surface area contributed by atoms with Crippen molar-refractivity contribution >= 4 is 16.9 Å². The number of benzene rings is 1. The Bertz CT molecular complexity index is 957. The number of piperidine rings is 1. The molecular weight excluding hydrogens is 342 g/mol. The Morgan fingerprint density at radius 3 is 2.85 bits per heavy atom. The van der Waals surface area contributed by atoms with E-state index in [2.05, 4.69) is 26.3 Å². The van der Waals surface area contributed by atoms with Crippen molar-refractivity contribution in [3.8, 4) is 0 Å². The lowest BCUT2D eigenvalue weighted by Gasteiger charge is -2.36. The van der Waals surface area contributed by atoms with Gasteiger partial charge in [-0.1, -0.05) is 12.1 Å². The minimum atomic E-state index is 0.110. The van der Waals surface area contributed by atoms with E-state index in [9.17, 15) is 4.79 Å². The van der Waals surface area contributed by atoms with Crippen LogP contribution in [0.15, 0.2) is 47.4 Å². The topological polar surface area (TPSA) is 75.4 Å². The van der Waals surface area contributed by atoms with Crippen molar-refractivity contribution in [2.45, 2.75) is 25.4 Å².